The Hall–Kier alpha value is -3.28. The Morgan fingerprint density at radius 3 is 2.70 bits per heavy atom. The molecule has 1 amide bonds. The number of hydrogen-bond acceptors (Lipinski definition) is 4. The van der Waals surface area contributed by atoms with Crippen LogP contribution in [-0.2, 0) is 0 Å². The zero-order valence-corrected chi connectivity index (χ0v) is 11.9. The van der Waals surface area contributed by atoms with Gasteiger partial charge in [0.05, 0.1) is 11.8 Å². The number of halogens is 1. The maximum atomic E-state index is 13.7. The van der Waals surface area contributed by atoms with Crippen molar-refractivity contribution in [2.45, 2.75) is 0 Å². The number of rotatable bonds is 4. The SMILES string of the molecule is O=C(N/N=C\c1ccc(-c2ccccc2F)o1)c1ccncc1. The first-order valence-corrected chi connectivity index (χ1v) is 6.82. The average Bonchev–Trinajstić information content (AvgIpc) is 3.04. The summed E-state index contributed by atoms with van der Waals surface area (Å²) < 4.78 is 19.2. The summed E-state index contributed by atoms with van der Waals surface area (Å²) in [5.74, 6) is 0.0733. The molecule has 0 unspecified atom stereocenters. The van der Waals surface area contributed by atoms with E-state index in [-0.39, 0.29) is 11.7 Å². The number of carbonyl (C=O) groups excluding carboxylic acids is 1. The van der Waals surface area contributed by atoms with E-state index in [1.807, 2.05) is 0 Å². The Morgan fingerprint density at radius 2 is 1.91 bits per heavy atom. The predicted molar refractivity (Wildman–Crippen MR) is 83.4 cm³/mol. The van der Waals surface area contributed by atoms with Gasteiger partial charge in [-0.1, -0.05) is 12.1 Å². The Balaban J connectivity index is 1.68. The fourth-order valence-corrected chi connectivity index (χ4v) is 1.95. The third-order valence-electron chi connectivity index (χ3n) is 3.07. The van der Waals surface area contributed by atoms with Crippen LogP contribution in [0.1, 0.15) is 16.1 Å². The summed E-state index contributed by atoms with van der Waals surface area (Å²) in [6.07, 6.45) is 4.39. The van der Waals surface area contributed by atoms with E-state index in [0.29, 0.717) is 22.6 Å². The van der Waals surface area contributed by atoms with E-state index < -0.39 is 0 Å². The van der Waals surface area contributed by atoms with Gasteiger partial charge in [0.25, 0.3) is 5.91 Å². The normalized spacial score (nSPS) is 10.8. The third-order valence-corrected chi connectivity index (χ3v) is 3.07. The second-order valence-corrected chi connectivity index (χ2v) is 4.62. The summed E-state index contributed by atoms with van der Waals surface area (Å²) >= 11 is 0. The van der Waals surface area contributed by atoms with E-state index in [4.69, 9.17) is 4.42 Å². The van der Waals surface area contributed by atoms with Crippen LogP contribution in [0.2, 0.25) is 0 Å². The Morgan fingerprint density at radius 1 is 1.13 bits per heavy atom. The topological polar surface area (TPSA) is 67.5 Å². The van der Waals surface area contributed by atoms with Crippen LogP contribution in [0, 0.1) is 5.82 Å². The second-order valence-electron chi connectivity index (χ2n) is 4.62. The minimum atomic E-state index is -0.365. The highest BCUT2D eigenvalue weighted by Gasteiger charge is 2.08. The summed E-state index contributed by atoms with van der Waals surface area (Å²) in [4.78, 5) is 15.6. The van der Waals surface area contributed by atoms with E-state index >= 15 is 0 Å². The molecule has 0 aliphatic carbocycles. The van der Waals surface area contributed by atoms with Crippen molar-refractivity contribution in [1.82, 2.24) is 10.4 Å². The number of nitrogens with zero attached hydrogens (tertiary/aromatic N) is 2. The molecule has 0 aliphatic rings. The summed E-state index contributed by atoms with van der Waals surface area (Å²) in [7, 11) is 0. The molecular formula is C17H12FN3O2. The van der Waals surface area contributed by atoms with Gasteiger partial charge in [-0.3, -0.25) is 9.78 Å². The van der Waals surface area contributed by atoms with Crippen LogP contribution >= 0.6 is 0 Å². The number of pyridine rings is 1. The van der Waals surface area contributed by atoms with Crippen LogP contribution in [0.5, 0.6) is 0 Å². The summed E-state index contributed by atoms with van der Waals surface area (Å²) in [6, 6.07) is 12.8. The van der Waals surface area contributed by atoms with Crippen LogP contribution in [0.4, 0.5) is 4.39 Å². The monoisotopic (exact) mass is 309 g/mol. The van der Waals surface area contributed by atoms with Gasteiger partial charge < -0.3 is 4.42 Å². The van der Waals surface area contributed by atoms with Gasteiger partial charge in [0.15, 0.2) is 0 Å². The summed E-state index contributed by atoms with van der Waals surface area (Å²) in [5.41, 5.74) is 3.19. The predicted octanol–water partition coefficient (Wildman–Crippen LogP) is 3.24. The number of hydrogen-bond donors (Lipinski definition) is 1. The highest BCUT2D eigenvalue weighted by atomic mass is 19.1. The zero-order valence-electron chi connectivity index (χ0n) is 11.9. The molecule has 1 N–H and O–H groups in total. The number of hydrazone groups is 1. The fraction of sp³-hybridized carbons (Fsp3) is 0. The minimum Gasteiger partial charge on any atom is -0.455 e. The molecule has 2 aromatic heterocycles. The van der Waals surface area contributed by atoms with Gasteiger partial charge in [0, 0.05) is 18.0 Å². The molecule has 1 aromatic carbocycles. The van der Waals surface area contributed by atoms with E-state index in [1.54, 1.807) is 42.5 Å². The first-order chi connectivity index (χ1) is 11.2. The average molecular weight is 309 g/mol. The third kappa shape index (κ3) is 3.49. The molecule has 0 radical (unpaired) electrons. The lowest BCUT2D eigenvalue weighted by Crippen LogP contribution is -2.17. The van der Waals surface area contributed by atoms with Gasteiger partial charge in [-0.2, -0.15) is 5.10 Å². The Labute approximate surface area is 131 Å². The number of aromatic nitrogens is 1. The number of carbonyl (C=O) groups is 1. The van der Waals surface area contributed by atoms with E-state index in [0.717, 1.165) is 0 Å². The first kappa shape index (κ1) is 14.6. The van der Waals surface area contributed by atoms with Crippen LogP contribution < -0.4 is 5.43 Å². The van der Waals surface area contributed by atoms with E-state index in [2.05, 4.69) is 15.5 Å². The molecule has 0 atom stereocenters. The Kier molecular flexibility index (Phi) is 4.24. The number of amides is 1. The zero-order chi connectivity index (χ0) is 16.1. The van der Waals surface area contributed by atoms with E-state index in [9.17, 15) is 9.18 Å². The molecule has 3 aromatic rings. The van der Waals surface area contributed by atoms with Crippen molar-refractivity contribution in [1.29, 1.82) is 0 Å². The highest BCUT2D eigenvalue weighted by Crippen LogP contribution is 2.24. The van der Waals surface area contributed by atoms with Gasteiger partial charge in [0.1, 0.15) is 17.3 Å². The number of nitrogens with one attached hydrogen (secondary N) is 1. The molecule has 0 bridgehead atoms. The minimum absolute atomic E-state index is 0.357. The van der Waals surface area contributed by atoms with E-state index in [1.165, 1.54) is 24.7 Å². The van der Waals surface area contributed by atoms with Gasteiger partial charge in [0.2, 0.25) is 0 Å². The highest BCUT2D eigenvalue weighted by molar-refractivity contribution is 5.94. The lowest BCUT2D eigenvalue weighted by Gasteiger charge is -1.98. The molecule has 3 rings (SSSR count). The first-order valence-electron chi connectivity index (χ1n) is 6.82. The Bertz CT molecular complexity index is 844. The van der Waals surface area contributed by atoms with Crippen molar-refractivity contribution in [3.63, 3.8) is 0 Å². The van der Waals surface area contributed by atoms with Gasteiger partial charge >= 0.3 is 0 Å². The number of furan rings is 1. The molecule has 2 heterocycles. The lowest BCUT2D eigenvalue weighted by molar-refractivity contribution is 0.0955. The van der Waals surface area contributed by atoms with Crippen molar-refractivity contribution in [3.8, 4) is 11.3 Å². The molecule has 5 nitrogen and oxygen atoms in total. The quantitative estimate of drug-likeness (QED) is 0.594. The summed E-state index contributed by atoms with van der Waals surface area (Å²) in [6.45, 7) is 0. The summed E-state index contributed by atoms with van der Waals surface area (Å²) in [5, 5.41) is 3.81. The fourth-order valence-electron chi connectivity index (χ4n) is 1.95. The van der Waals surface area contributed by atoms with Crippen LogP contribution in [0.15, 0.2) is 70.4 Å². The molecule has 6 heteroatoms. The van der Waals surface area contributed by atoms with Crippen molar-refractivity contribution in [2.24, 2.45) is 5.10 Å². The molecule has 0 saturated heterocycles. The molecule has 0 spiro atoms. The smallest absolute Gasteiger partial charge is 0.271 e. The molecule has 0 aliphatic heterocycles. The van der Waals surface area contributed by atoms with Gasteiger partial charge in [-0.25, -0.2) is 9.82 Å². The van der Waals surface area contributed by atoms with Gasteiger partial charge in [-0.05, 0) is 36.4 Å². The van der Waals surface area contributed by atoms with Crippen LogP contribution in [-0.4, -0.2) is 17.1 Å². The van der Waals surface area contributed by atoms with Crippen molar-refractivity contribution in [2.75, 3.05) is 0 Å². The lowest BCUT2D eigenvalue weighted by atomic mass is 10.1. The van der Waals surface area contributed by atoms with Crippen LogP contribution in [0.25, 0.3) is 11.3 Å². The molecule has 114 valence electrons. The van der Waals surface area contributed by atoms with Crippen molar-refractivity contribution >= 4 is 12.1 Å². The maximum absolute atomic E-state index is 13.7. The molecule has 0 fully saturated rings. The number of benzene rings is 1. The molecule has 23 heavy (non-hydrogen) atoms. The van der Waals surface area contributed by atoms with Crippen molar-refractivity contribution in [3.05, 3.63) is 78.1 Å². The van der Waals surface area contributed by atoms with Gasteiger partial charge in [-0.15, -0.1) is 0 Å². The standard InChI is InChI=1S/C17H12FN3O2/c18-15-4-2-1-3-14(15)16-6-5-13(23-16)11-20-21-17(22)12-7-9-19-10-8-12/h1-11H,(H,21,22)/b20-11-. The van der Waals surface area contributed by atoms with Crippen LogP contribution in [0.3, 0.4) is 0 Å². The second kappa shape index (κ2) is 6.65. The molecular weight excluding hydrogens is 297 g/mol. The van der Waals surface area contributed by atoms with Crippen molar-refractivity contribution < 1.29 is 13.6 Å². The molecule has 0 saturated carbocycles. The maximum Gasteiger partial charge on any atom is 0.271 e. The largest absolute Gasteiger partial charge is 0.455 e.